The van der Waals surface area contributed by atoms with Crippen molar-refractivity contribution in [2.45, 2.75) is 25.3 Å². The maximum atomic E-state index is 13.0. The van der Waals surface area contributed by atoms with Crippen LogP contribution in [0.15, 0.2) is 56.6 Å². The number of nitro benzene ring substituents is 1. The van der Waals surface area contributed by atoms with E-state index in [9.17, 15) is 23.3 Å². The van der Waals surface area contributed by atoms with Crippen molar-refractivity contribution in [3.8, 4) is 0 Å². The van der Waals surface area contributed by atoms with E-state index in [1.807, 2.05) is 26.0 Å². The minimum absolute atomic E-state index is 0.200. The summed E-state index contributed by atoms with van der Waals surface area (Å²) in [6.07, 6.45) is 0. The van der Waals surface area contributed by atoms with E-state index in [4.69, 9.17) is 4.42 Å². The summed E-state index contributed by atoms with van der Waals surface area (Å²) in [7, 11) is -3.99. The quantitative estimate of drug-likeness (QED) is 0.329. The van der Waals surface area contributed by atoms with Gasteiger partial charge in [0.1, 0.15) is 5.58 Å². The lowest BCUT2D eigenvalue weighted by atomic mass is 10.0. The maximum absolute atomic E-state index is 13.0. The molecule has 3 aromatic rings. The number of aryl methyl sites for hydroxylation is 2. The number of fused-ring (bicyclic) bond motifs is 1. The van der Waals surface area contributed by atoms with E-state index in [1.54, 1.807) is 0 Å². The molecule has 168 valence electrons. The molecule has 1 aliphatic rings. The first-order valence-electron chi connectivity index (χ1n) is 10.2. The molecule has 32 heavy (non-hydrogen) atoms. The van der Waals surface area contributed by atoms with Gasteiger partial charge in [-0.25, -0.2) is 13.2 Å². The highest BCUT2D eigenvalue weighted by Gasteiger charge is 2.33. The van der Waals surface area contributed by atoms with Gasteiger partial charge in [-0.1, -0.05) is 12.1 Å². The van der Waals surface area contributed by atoms with Crippen LogP contribution in [0.3, 0.4) is 0 Å². The van der Waals surface area contributed by atoms with Crippen molar-refractivity contribution in [1.82, 2.24) is 9.21 Å². The number of nitrogens with zero attached hydrogens (tertiary/aromatic N) is 3. The molecule has 2 aromatic carbocycles. The van der Waals surface area contributed by atoms with Gasteiger partial charge in [0.05, 0.1) is 4.92 Å². The van der Waals surface area contributed by atoms with Gasteiger partial charge in [0.15, 0.2) is 4.90 Å². The highest BCUT2D eigenvalue weighted by atomic mass is 32.2. The van der Waals surface area contributed by atoms with Gasteiger partial charge in [0, 0.05) is 50.2 Å². The third-order valence-corrected chi connectivity index (χ3v) is 7.80. The predicted molar refractivity (Wildman–Crippen MR) is 119 cm³/mol. The van der Waals surface area contributed by atoms with Crippen LogP contribution < -0.4 is 5.63 Å². The Morgan fingerprint density at radius 2 is 1.69 bits per heavy atom. The first-order valence-corrected chi connectivity index (χ1v) is 11.6. The topological polar surface area (TPSA) is 114 Å². The number of benzene rings is 2. The minimum atomic E-state index is -3.99. The van der Waals surface area contributed by atoms with Crippen molar-refractivity contribution in [2.75, 3.05) is 26.2 Å². The van der Waals surface area contributed by atoms with E-state index < -0.39 is 26.3 Å². The molecule has 1 fully saturated rings. The van der Waals surface area contributed by atoms with Gasteiger partial charge in [-0.15, -0.1) is 0 Å². The molecule has 0 N–H and O–H groups in total. The summed E-state index contributed by atoms with van der Waals surface area (Å²) in [4.78, 5) is 24.4. The first-order chi connectivity index (χ1) is 15.2. The lowest BCUT2D eigenvalue weighted by Gasteiger charge is -2.34. The molecule has 0 radical (unpaired) electrons. The van der Waals surface area contributed by atoms with Crippen molar-refractivity contribution >= 4 is 26.7 Å². The van der Waals surface area contributed by atoms with E-state index in [0.29, 0.717) is 25.2 Å². The molecular formula is C22H23N3O6S. The second kappa shape index (κ2) is 8.45. The summed E-state index contributed by atoms with van der Waals surface area (Å²) in [5, 5.41) is 12.1. The van der Waals surface area contributed by atoms with Crippen molar-refractivity contribution < 1.29 is 17.8 Å². The van der Waals surface area contributed by atoms with Gasteiger partial charge in [-0.05, 0) is 48.7 Å². The summed E-state index contributed by atoms with van der Waals surface area (Å²) < 4.78 is 32.7. The van der Waals surface area contributed by atoms with Gasteiger partial charge in [0.2, 0.25) is 10.0 Å². The smallest absolute Gasteiger partial charge is 0.336 e. The Labute approximate surface area is 185 Å². The highest BCUT2D eigenvalue weighted by molar-refractivity contribution is 7.89. The molecule has 0 amide bonds. The Morgan fingerprint density at radius 1 is 1.03 bits per heavy atom. The largest absolute Gasteiger partial charge is 0.423 e. The molecule has 0 bridgehead atoms. The third kappa shape index (κ3) is 4.16. The Balaban J connectivity index is 1.54. The molecule has 0 atom stereocenters. The number of hydrogen-bond donors (Lipinski definition) is 0. The van der Waals surface area contributed by atoms with Crippen molar-refractivity contribution in [3.05, 3.63) is 79.7 Å². The first kappa shape index (κ1) is 22.1. The van der Waals surface area contributed by atoms with E-state index in [1.165, 1.54) is 34.6 Å². The van der Waals surface area contributed by atoms with Crippen LogP contribution in [0.1, 0.15) is 16.7 Å². The lowest BCUT2D eigenvalue weighted by Crippen LogP contribution is -2.48. The highest BCUT2D eigenvalue weighted by Crippen LogP contribution is 2.28. The van der Waals surface area contributed by atoms with Crippen molar-refractivity contribution in [2.24, 2.45) is 0 Å². The number of nitro groups is 1. The molecule has 1 saturated heterocycles. The SMILES string of the molecule is Cc1cc2oc(=O)cc(CN3CCN(S(=O)(=O)c4ccccc4[N+](=O)[O-])CC3)c2cc1C. The standard InChI is InChI=1S/C22H23N3O6S/c1-15-11-18-17(13-22(26)31-20(18)12-16(15)2)14-23-7-9-24(10-8-23)32(29,30)21-6-4-3-5-19(21)25(27)28/h3-6,11-13H,7-10,14H2,1-2H3. The Morgan fingerprint density at radius 3 is 2.38 bits per heavy atom. The zero-order valence-corrected chi connectivity index (χ0v) is 18.6. The van der Waals surface area contributed by atoms with Gasteiger partial charge in [0.25, 0.3) is 5.69 Å². The van der Waals surface area contributed by atoms with Crippen LogP contribution in [0.4, 0.5) is 5.69 Å². The van der Waals surface area contributed by atoms with Gasteiger partial charge < -0.3 is 4.42 Å². The molecule has 0 spiro atoms. The second-order valence-corrected chi connectivity index (χ2v) is 9.83. The fourth-order valence-electron chi connectivity index (χ4n) is 3.95. The molecule has 0 unspecified atom stereocenters. The molecule has 1 aliphatic heterocycles. The molecule has 9 nitrogen and oxygen atoms in total. The second-order valence-electron chi connectivity index (χ2n) is 7.93. The molecule has 4 rings (SSSR count). The summed E-state index contributed by atoms with van der Waals surface area (Å²) in [6, 6.07) is 10.7. The van der Waals surface area contributed by atoms with Gasteiger partial charge in [-0.3, -0.25) is 15.0 Å². The fraction of sp³-hybridized carbons (Fsp3) is 0.318. The third-order valence-electron chi connectivity index (χ3n) is 5.85. The van der Waals surface area contributed by atoms with Crippen LogP contribution in [-0.4, -0.2) is 48.7 Å². The number of hydrogen-bond acceptors (Lipinski definition) is 7. The maximum Gasteiger partial charge on any atom is 0.336 e. The van der Waals surface area contributed by atoms with E-state index in [0.717, 1.165) is 22.1 Å². The minimum Gasteiger partial charge on any atom is -0.423 e. The molecular weight excluding hydrogens is 434 g/mol. The average Bonchev–Trinajstić information content (AvgIpc) is 2.75. The zero-order chi connectivity index (χ0) is 23.0. The summed E-state index contributed by atoms with van der Waals surface area (Å²) >= 11 is 0. The average molecular weight is 458 g/mol. The molecule has 0 saturated carbocycles. The number of rotatable bonds is 5. The summed E-state index contributed by atoms with van der Waals surface area (Å²) in [6.45, 7) is 5.70. The van der Waals surface area contributed by atoms with Crippen LogP contribution in [0.25, 0.3) is 11.0 Å². The predicted octanol–water partition coefficient (Wildman–Crippen LogP) is 2.82. The molecule has 0 aliphatic carbocycles. The summed E-state index contributed by atoms with van der Waals surface area (Å²) in [5.74, 6) is 0. The fourth-order valence-corrected chi connectivity index (χ4v) is 5.53. The molecule has 2 heterocycles. The van der Waals surface area contributed by atoms with Crippen LogP contribution in [0, 0.1) is 24.0 Å². The normalized spacial score (nSPS) is 15.8. The number of piperazine rings is 1. The van der Waals surface area contributed by atoms with Crippen molar-refractivity contribution in [3.63, 3.8) is 0 Å². The Bertz CT molecular complexity index is 1360. The molecule has 1 aromatic heterocycles. The van der Waals surface area contributed by atoms with Crippen LogP contribution in [0.2, 0.25) is 0 Å². The van der Waals surface area contributed by atoms with E-state index >= 15 is 0 Å². The lowest BCUT2D eigenvalue weighted by molar-refractivity contribution is -0.387. The van der Waals surface area contributed by atoms with Crippen LogP contribution in [0.5, 0.6) is 0 Å². The zero-order valence-electron chi connectivity index (χ0n) is 17.8. The van der Waals surface area contributed by atoms with E-state index in [2.05, 4.69) is 4.90 Å². The monoisotopic (exact) mass is 457 g/mol. The Hall–Kier alpha value is -3.08. The summed E-state index contributed by atoms with van der Waals surface area (Å²) in [5.41, 5.74) is 2.64. The van der Waals surface area contributed by atoms with Crippen LogP contribution >= 0.6 is 0 Å². The van der Waals surface area contributed by atoms with E-state index in [-0.39, 0.29) is 18.0 Å². The number of para-hydroxylation sites is 1. The van der Waals surface area contributed by atoms with Gasteiger partial charge >= 0.3 is 5.63 Å². The van der Waals surface area contributed by atoms with Gasteiger partial charge in [-0.2, -0.15) is 4.31 Å². The van der Waals surface area contributed by atoms with Crippen LogP contribution in [-0.2, 0) is 16.6 Å². The van der Waals surface area contributed by atoms with Crippen molar-refractivity contribution in [1.29, 1.82) is 0 Å². The Kier molecular flexibility index (Phi) is 5.85. The number of sulfonamides is 1. The molecule has 10 heteroatoms.